The van der Waals surface area contributed by atoms with Gasteiger partial charge in [0.1, 0.15) is 0 Å². The van der Waals surface area contributed by atoms with Gasteiger partial charge < -0.3 is 4.90 Å². The molecule has 0 saturated heterocycles. The van der Waals surface area contributed by atoms with Crippen LogP contribution in [0, 0.1) is 0 Å². The van der Waals surface area contributed by atoms with E-state index in [-0.39, 0.29) is 0 Å². The van der Waals surface area contributed by atoms with Gasteiger partial charge >= 0.3 is 0 Å². The average molecular weight is 550 g/mol. The second-order valence-electron chi connectivity index (χ2n) is 10.1. The molecule has 0 heterocycles. The van der Waals surface area contributed by atoms with Crippen LogP contribution in [0.15, 0.2) is 169 Å². The highest BCUT2D eigenvalue weighted by Gasteiger charge is 2.54. The fourth-order valence-electron chi connectivity index (χ4n) is 6.17. The topological polar surface area (TPSA) is 37.4 Å². The van der Waals surface area contributed by atoms with E-state index in [1.165, 1.54) is 0 Å². The molecule has 41 heavy (non-hydrogen) atoms. The molecule has 0 amide bonds. The lowest BCUT2D eigenvalue weighted by atomic mass is 9.88. The van der Waals surface area contributed by atoms with Crippen LogP contribution in [0.4, 0.5) is 17.1 Å². The predicted molar refractivity (Wildman–Crippen MR) is 167 cm³/mol. The molecule has 6 aromatic carbocycles. The normalized spacial score (nSPS) is 13.3. The largest absolute Gasteiger partial charge is 0.311 e. The number of hydrogen-bond acceptors (Lipinski definition) is 3. The molecule has 0 aromatic heterocycles. The molecular formula is C37H27NO2S. The fraction of sp³-hybridized carbons (Fsp3) is 0.0270. The molecule has 6 aromatic rings. The summed E-state index contributed by atoms with van der Waals surface area (Å²) in [6, 6.07) is 53.0. The maximum absolute atomic E-state index is 14.9. The van der Waals surface area contributed by atoms with E-state index in [9.17, 15) is 8.42 Å². The van der Waals surface area contributed by atoms with Crippen molar-refractivity contribution in [3.8, 4) is 11.1 Å². The molecule has 3 nitrogen and oxygen atoms in total. The summed E-state index contributed by atoms with van der Waals surface area (Å²) in [6.07, 6.45) is 0. The highest BCUT2D eigenvalue weighted by atomic mass is 32.2. The Morgan fingerprint density at radius 1 is 0.415 bits per heavy atom. The lowest BCUT2D eigenvalue weighted by Gasteiger charge is -2.33. The summed E-state index contributed by atoms with van der Waals surface area (Å²) in [6.45, 7) is 0. The summed E-state index contributed by atoms with van der Waals surface area (Å²) in [5.74, 6) is 0. The van der Waals surface area contributed by atoms with E-state index in [4.69, 9.17) is 0 Å². The molecule has 4 heteroatoms. The second-order valence-corrected chi connectivity index (χ2v) is 12.2. The van der Waals surface area contributed by atoms with Gasteiger partial charge in [-0.1, -0.05) is 115 Å². The van der Waals surface area contributed by atoms with Gasteiger partial charge in [-0.05, 0) is 76.3 Å². The highest BCUT2D eigenvalue weighted by Crippen LogP contribution is 2.57. The third-order valence-corrected chi connectivity index (χ3v) is 10.3. The maximum atomic E-state index is 14.9. The van der Waals surface area contributed by atoms with Gasteiger partial charge in [-0.15, -0.1) is 0 Å². The second kappa shape index (κ2) is 9.92. The number of para-hydroxylation sites is 2. The number of fused-ring (bicyclic) bond motifs is 3. The van der Waals surface area contributed by atoms with Crippen LogP contribution >= 0.6 is 0 Å². The van der Waals surface area contributed by atoms with Crippen molar-refractivity contribution in [2.24, 2.45) is 0 Å². The van der Waals surface area contributed by atoms with E-state index in [1.807, 2.05) is 115 Å². The number of benzene rings is 6. The number of nitrogens with zero attached hydrogens (tertiary/aromatic N) is 1. The molecular weight excluding hydrogens is 522 g/mol. The number of sulfone groups is 1. The molecule has 0 spiro atoms. The summed E-state index contributed by atoms with van der Waals surface area (Å²) in [7, 11) is -3.93. The van der Waals surface area contributed by atoms with Crippen molar-refractivity contribution in [1.82, 2.24) is 0 Å². The maximum Gasteiger partial charge on any atom is 0.196 e. The predicted octanol–water partition coefficient (Wildman–Crippen LogP) is 8.90. The van der Waals surface area contributed by atoms with Crippen molar-refractivity contribution in [3.63, 3.8) is 0 Å². The molecule has 7 rings (SSSR count). The van der Waals surface area contributed by atoms with E-state index in [1.54, 1.807) is 24.3 Å². The number of anilines is 3. The molecule has 1 aliphatic carbocycles. The van der Waals surface area contributed by atoms with Crippen molar-refractivity contribution < 1.29 is 8.42 Å². The van der Waals surface area contributed by atoms with Crippen LogP contribution in [0.5, 0.6) is 0 Å². The van der Waals surface area contributed by atoms with E-state index in [0.717, 1.165) is 39.3 Å². The van der Waals surface area contributed by atoms with Gasteiger partial charge in [-0.25, -0.2) is 8.42 Å². The van der Waals surface area contributed by atoms with Crippen LogP contribution in [0.3, 0.4) is 0 Å². The van der Waals surface area contributed by atoms with Crippen LogP contribution in [0.1, 0.15) is 16.7 Å². The highest BCUT2D eigenvalue weighted by molar-refractivity contribution is 7.93. The van der Waals surface area contributed by atoms with Gasteiger partial charge in [0.2, 0.25) is 0 Å². The van der Waals surface area contributed by atoms with E-state index >= 15 is 0 Å². The van der Waals surface area contributed by atoms with Crippen LogP contribution < -0.4 is 4.90 Å². The van der Waals surface area contributed by atoms with Gasteiger partial charge in [0.25, 0.3) is 0 Å². The summed E-state index contributed by atoms with van der Waals surface area (Å²) >= 11 is 0. The van der Waals surface area contributed by atoms with E-state index in [0.29, 0.717) is 10.5 Å². The summed E-state index contributed by atoms with van der Waals surface area (Å²) in [5.41, 5.74) is 7.15. The Morgan fingerprint density at radius 3 is 1.29 bits per heavy atom. The minimum absolute atomic E-state index is 0.297. The quantitative estimate of drug-likeness (QED) is 0.208. The third-order valence-electron chi connectivity index (χ3n) is 7.92. The molecule has 0 saturated carbocycles. The fourth-order valence-corrected chi connectivity index (χ4v) is 8.42. The first-order valence-corrected chi connectivity index (χ1v) is 15.1. The zero-order valence-electron chi connectivity index (χ0n) is 22.3. The zero-order chi connectivity index (χ0) is 27.9. The lowest BCUT2D eigenvalue weighted by Crippen LogP contribution is -2.36. The van der Waals surface area contributed by atoms with Crippen LogP contribution in [0.2, 0.25) is 0 Å². The molecule has 0 atom stereocenters. The Hall–Kier alpha value is -4.93. The van der Waals surface area contributed by atoms with Crippen molar-refractivity contribution in [3.05, 3.63) is 180 Å². The van der Waals surface area contributed by atoms with Gasteiger partial charge in [0.15, 0.2) is 14.6 Å². The van der Waals surface area contributed by atoms with Crippen molar-refractivity contribution >= 4 is 26.9 Å². The first-order valence-electron chi connectivity index (χ1n) is 13.6. The Labute approximate surface area is 240 Å². The van der Waals surface area contributed by atoms with Crippen molar-refractivity contribution in [2.75, 3.05) is 4.90 Å². The van der Waals surface area contributed by atoms with Crippen LogP contribution in [0.25, 0.3) is 11.1 Å². The molecule has 0 radical (unpaired) electrons. The number of rotatable bonds is 6. The summed E-state index contributed by atoms with van der Waals surface area (Å²) < 4.78 is 28.5. The molecule has 0 aliphatic heterocycles. The first-order chi connectivity index (χ1) is 20.1. The van der Waals surface area contributed by atoms with Gasteiger partial charge in [0.05, 0.1) is 4.90 Å². The van der Waals surface area contributed by atoms with Gasteiger partial charge in [0, 0.05) is 17.1 Å². The summed E-state index contributed by atoms with van der Waals surface area (Å²) in [4.78, 5) is 2.48. The molecule has 0 N–H and O–H groups in total. The van der Waals surface area contributed by atoms with Gasteiger partial charge in [-0.3, -0.25) is 0 Å². The molecule has 0 unspecified atom stereocenters. The Morgan fingerprint density at radius 2 is 0.805 bits per heavy atom. The molecule has 0 bridgehead atoms. The SMILES string of the molecule is O=S(=O)(c1ccccc1)C1(c2ccc(N(c3ccccc3)c3ccccc3)cc2)c2ccccc2-c2ccccc21. The average Bonchev–Trinajstić information content (AvgIpc) is 3.35. The van der Waals surface area contributed by atoms with E-state index < -0.39 is 14.6 Å². The molecule has 198 valence electrons. The minimum Gasteiger partial charge on any atom is -0.311 e. The van der Waals surface area contributed by atoms with Crippen molar-refractivity contribution in [2.45, 2.75) is 9.64 Å². The smallest absolute Gasteiger partial charge is 0.196 e. The molecule has 1 aliphatic rings. The van der Waals surface area contributed by atoms with Crippen LogP contribution in [-0.4, -0.2) is 8.42 Å². The molecule has 0 fully saturated rings. The monoisotopic (exact) mass is 549 g/mol. The standard InChI is InChI=1S/C37H27NO2S/c39-41(40,32-18-8-3-9-19-32)37(35-22-12-10-20-33(35)34-21-11-13-23-36(34)37)28-24-26-31(27-25-28)38(29-14-4-1-5-15-29)30-16-6-2-7-17-30/h1-27H. The lowest BCUT2D eigenvalue weighted by molar-refractivity contribution is 0.574. The number of hydrogen-bond donors (Lipinski definition) is 0. The van der Waals surface area contributed by atoms with Crippen LogP contribution in [-0.2, 0) is 14.6 Å². The van der Waals surface area contributed by atoms with Crippen molar-refractivity contribution in [1.29, 1.82) is 0 Å². The Bertz CT molecular complexity index is 1850. The van der Waals surface area contributed by atoms with E-state index in [2.05, 4.69) is 29.2 Å². The summed E-state index contributed by atoms with van der Waals surface area (Å²) in [5, 5.41) is 0. The Kier molecular flexibility index (Phi) is 6.06. The zero-order valence-corrected chi connectivity index (χ0v) is 23.1. The van der Waals surface area contributed by atoms with Gasteiger partial charge in [-0.2, -0.15) is 0 Å². The Balaban J connectivity index is 1.48. The minimum atomic E-state index is -3.93. The third kappa shape index (κ3) is 3.83. The first kappa shape index (κ1) is 25.1.